The number of carbonyl (C=O) groups excluding carboxylic acids is 2. The van der Waals surface area contributed by atoms with Gasteiger partial charge < -0.3 is 15.0 Å². The SMILES string of the molecule is CCOc1ccc(N(CC(=O)N(Cc2cccc(Br)c2)[C@@H](Cc2ccccc2)C(=O)NC2CCCC2)S(=O)(=O)c2ccc(F)cc2)cc1. The average Bonchev–Trinajstić information content (AvgIpc) is 3.59. The smallest absolute Gasteiger partial charge is 0.264 e. The molecule has 0 saturated heterocycles. The third kappa shape index (κ3) is 9.02. The van der Waals surface area contributed by atoms with Crippen molar-refractivity contribution in [1.29, 1.82) is 0 Å². The first-order chi connectivity index (χ1) is 23.1. The molecule has 11 heteroatoms. The van der Waals surface area contributed by atoms with Crippen LogP contribution in [0, 0.1) is 5.82 Å². The summed E-state index contributed by atoms with van der Waals surface area (Å²) in [5.74, 6) is -0.912. The number of sulfonamides is 1. The molecule has 0 aromatic heterocycles. The van der Waals surface area contributed by atoms with Crippen LogP contribution in [0.4, 0.5) is 10.1 Å². The second-order valence-corrected chi connectivity index (χ2v) is 14.5. The van der Waals surface area contributed by atoms with Gasteiger partial charge in [-0.05, 0) is 91.6 Å². The van der Waals surface area contributed by atoms with Crippen LogP contribution in [-0.4, -0.2) is 50.4 Å². The number of halogens is 2. The molecule has 1 saturated carbocycles. The van der Waals surface area contributed by atoms with Crippen LogP contribution >= 0.6 is 15.9 Å². The number of hydrogen-bond donors (Lipinski definition) is 1. The number of benzene rings is 4. The molecular weight excluding hydrogens is 697 g/mol. The van der Waals surface area contributed by atoms with Crippen LogP contribution in [0.3, 0.4) is 0 Å². The van der Waals surface area contributed by atoms with E-state index in [1.165, 1.54) is 17.0 Å². The lowest BCUT2D eigenvalue weighted by molar-refractivity contribution is -0.140. The van der Waals surface area contributed by atoms with E-state index in [2.05, 4.69) is 21.2 Å². The largest absolute Gasteiger partial charge is 0.494 e. The first-order valence-electron chi connectivity index (χ1n) is 16.0. The maximum Gasteiger partial charge on any atom is 0.264 e. The molecule has 0 radical (unpaired) electrons. The maximum atomic E-state index is 14.6. The van der Waals surface area contributed by atoms with Crippen LogP contribution in [0.2, 0.25) is 0 Å². The summed E-state index contributed by atoms with van der Waals surface area (Å²) in [5.41, 5.74) is 1.84. The monoisotopic (exact) mass is 735 g/mol. The topological polar surface area (TPSA) is 96.0 Å². The molecule has 5 rings (SSSR count). The Kier molecular flexibility index (Phi) is 11.9. The normalized spacial score (nSPS) is 13.9. The Morgan fingerprint density at radius 2 is 1.58 bits per heavy atom. The Morgan fingerprint density at radius 3 is 2.23 bits per heavy atom. The molecule has 1 fully saturated rings. The fourth-order valence-corrected chi connectivity index (χ4v) is 7.75. The predicted octanol–water partition coefficient (Wildman–Crippen LogP) is 6.88. The van der Waals surface area contributed by atoms with Gasteiger partial charge in [0.1, 0.15) is 24.2 Å². The third-order valence-electron chi connectivity index (χ3n) is 8.33. The minimum absolute atomic E-state index is 0.0119. The van der Waals surface area contributed by atoms with Crippen LogP contribution in [-0.2, 0) is 32.6 Å². The molecule has 4 aromatic rings. The molecule has 252 valence electrons. The zero-order valence-electron chi connectivity index (χ0n) is 26.7. The number of carbonyl (C=O) groups is 2. The van der Waals surface area contributed by atoms with Crippen molar-refractivity contribution >= 4 is 43.5 Å². The van der Waals surface area contributed by atoms with Gasteiger partial charge in [-0.25, -0.2) is 12.8 Å². The van der Waals surface area contributed by atoms with Crippen molar-refractivity contribution in [3.63, 3.8) is 0 Å². The fourth-order valence-electron chi connectivity index (χ4n) is 5.89. The minimum atomic E-state index is -4.36. The van der Waals surface area contributed by atoms with E-state index in [1.807, 2.05) is 61.5 Å². The number of hydrogen-bond acceptors (Lipinski definition) is 5. The van der Waals surface area contributed by atoms with Gasteiger partial charge in [-0.3, -0.25) is 13.9 Å². The first-order valence-corrected chi connectivity index (χ1v) is 18.3. The zero-order chi connectivity index (χ0) is 34.1. The van der Waals surface area contributed by atoms with Gasteiger partial charge in [-0.2, -0.15) is 0 Å². The number of amides is 2. The lowest BCUT2D eigenvalue weighted by Crippen LogP contribution is -2.54. The van der Waals surface area contributed by atoms with E-state index in [4.69, 9.17) is 4.74 Å². The molecule has 1 aliphatic rings. The van der Waals surface area contributed by atoms with E-state index < -0.39 is 34.3 Å². The number of rotatable bonds is 14. The molecule has 1 aliphatic carbocycles. The number of ether oxygens (including phenoxy) is 1. The Bertz CT molecular complexity index is 1780. The highest BCUT2D eigenvalue weighted by atomic mass is 79.9. The van der Waals surface area contributed by atoms with Gasteiger partial charge in [-0.15, -0.1) is 0 Å². The van der Waals surface area contributed by atoms with Gasteiger partial charge in [0.2, 0.25) is 11.8 Å². The van der Waals surface area contributed by atoms with E-state index in [-0.39, 0.29) is 35.5 Å². The summed E-state index contributed by atoms with van der Waals surface area (Å²) in [4.78, 5) is 30.0. The summed E-state index contributed by atoms with van der Waals surface area (Å²) in [6, 6.07) is 26.8. The van der Waals surface area contributed by atoms with Gasteiger partial charge in [0.05, 0.1) is 17.2 Å². The number of nitrogens with one attached hydrogen (secondary N) is 1. The summed E-state index contributed by atoms with van der Waals surface area (Å²) in [5, 5.41) is 3.17. The van der Waals surface area contributed by atoms with Crippen molar-refractivity contribution in [3.05, 3.63) is 125 Å². The van der Waals surface area contributed by atoms with Crippen molar-refractivity contribution in [3.8, 4) is 5.75 Å². The van der Waals surface area contributed by atoms with E-state index in [0.29, 0.717) is 12.4 Å². The molecule has 0 bridgehead atoms. The molecule has 1 N–H and O–H groups in total. The van der Waals surface area contributed by atoms with Gasteiger partial charge >= 0.3 is 0 Å². The summed E-state index contributed by atoms with van der Waals surface area (Å²) in [7, 11) is -4.36. The van der Waals surface area contributed by atoms with Gasteiger partial charge in [-0.1, -0.05) is 71.2 Å². The molecule has 8 nitrogen and oxygen atoms in total. The van der Waals surface area contributed by atoms with E-state index in [1.54, 1.807) is 24.3 Å². The van der Waals surface area contributed by atoms with Crippen molar-refractivity contribution in [2.75, 3.05) is 17.5 Å². The highest BCUT2D eigenvalue weighted by molar-refractivity contribution is 9.10. The van der Waals surface area contributed by atoms with Crippen molar-refractivity contribution in [1.82, 2.24) is 10.2 Å². The van der Waals surface area contributed by atoms with E-state index in [9.17, 15) is 22.4 Å². The zero-order valence-corrected chi connectivity index (χ0v) is 29.1. The predicted molar refractivity (Wildman–Crippen MR) is 188 cm³/mol. The van der Waals surface area contributed by atoms with Crippen LogP contribution < -0.4 is 14.4 Å². The lowest BCUT2D eigenvalue weighted by Gasteiger charge is -2.34. The average molecular weight is 737 g/mol. The van der Waals surface area contributed by atoms with Crippen LogP contribution in [0.1, 0.15) is 43.7 Å². The van der Waals surface area contributed by atoms with E-state index in [0.717, 1.165) is 57.7 Å². The van der Waals surface area contributed by atoms with Crippen LogP contribution in [0.25, 0.3) is 0 Å². The first kappa shape index (κ1) is 35.1. The molecule has 0 spiro atoms. The summed E-state index contributed by atoms with van der Waals surface area (Å²) in [6.45, 7) is 1.71. The van der Waals surface area contributed by atoms with Crippen molar-refractivity contribution in [2.45, 2.75) is 62.6 Å². The van der Waals surface area contributed by atoms with Crippen molar-refractivity contribution < 1.29 is 27.1 Å². The molecule has 1 atom stereocenters. The summed E-state index contributed by atoms with van der Waals surface area (Å²) in [6.07, 6.45) is 4.00. The molecule has 4 aromatic carbocycles. The Hall–Kier alpha value is -4.22. The van der Waals surface area contributed by atoms with Gasteiger partial charge in [0.15, 0.2) is 0 Å². The quantitative estimate of drug-likeness (QED) is 0.152. The molecular formula is C37H39BrFN3O5S. The van der Waals surface area contributed by atoms with Gasteiger partial charge in [0, 0.05) is 23.5 Å². The maximum absolute atomic E-state index is 14.6. The number of nitrogens with zero attached hydrogens (tertiary/aromatic N) is 2. The third-order valence-corrected chi connectivity index (χ3v) is 10.6. The molecule has 0 unspecified atom stereocenters. The molecule has 0 aliphatic heterocycles. The van der Waals surface area contributed by atoms with Gasteiger partial charge in [0.25, 0.3) is 10.0 Å². The fraction of sp³-hybridized carbons (Fsp3) is 0.297. The Morgan fingerprint density at radius 1 is 0.917 bits per heavy atom. The summed E-state index contributed by atoms with van der Waals surface area (Å²) < 4.78 is 49.5. The van der Waals surface area contributed by atoms with Crippen molar-refractivity contribution in [2.24, 2.45) is 0 Å². The summed E-state index contributed by atoms with van der Waals surface area (Å²) >= 11 is 3.50. The number of anilines is 1. The highest BCUT2D eigenvalue weighted by Gasteiger charge is 2.35. The Labute approximate surface area is 290 Å². The molecule has 0 heterocycles. The second kappa shape index (κ2) is 16.3. The van der Waals surface area contributed by atoms with Crippen LogP contribution in [0.15, 0.2) is 112 Å². The van der Waals surface area contributed by atoms with Crippen LogP contribution in [0.5, 0.6) is 5.75 Å². The minimum Gasteiger partial charge on any atom is -0.494 e. The molecule has 48 heavy (non-hydrogen) atoms. The second-order valence-electron chi connectivity index (χ2n) is 11.7. The van der Waals surface area contributed by atoms with E-state index >= 15 is 0 Å². The Balaban J connectivity index is 1.56. The standard InChI is InChI=1S/C37H39BrFN3O5S/c1-2-47-33-19-17-32(18-20-33)42(48(45,46)34-21-15-30(39)16-22-34)26-36(43)41(25-28-11-8-12-29(38)23-28)35(24-27-9-4-3-5-10-27)37(44)40-31-13-6-7-14-31/h3-5,8-12,15-23,31,35H,2,6-7,13-14,24-26H2,1H3,(H,40,44)/t35-/m0/s1. The highest BCUT2D eigenvalue weighted by Crippen LogP contribution is 2.28. The molecule has 2 amide bonds. The lowest BCUT2D eigenvalue weighted by atomic mass is 10.0.